The Bertz CT molecular complexity index is 1130. The van der Waals surface area contributed by atoms with E-state index in [4.69, 9.17) is 4.74 Å². The first-order valence-electron chi connectivity index (χ1n) is 10.6. The number of ether oxygens (including phenoxy) is 1. The van der Waals surface area contributed by atoms with E-state index < -0.39 is 11.7 Å². The Morgan fingerprint density at radius 3 is 2.52 bits per heavy atom. The number of hydrogen-bond donors (Lipinski definition) is 2. The fourth-order valence-electron chi connectivity index (χ4n) is 3.88. The van der Waals surface area contributed by atoms with Gasteiger partial charge < -0.3 is 10.1 Å². The van der Waals surface area contributed by atoms with Crippen molar-refractivity contribution in [3.63, 3.8) is 0 Å². The molecule has 0 spiro atoms. The lowest BCUT2D eigenvalue weighted by Crippen LogP contribution is -2.45. The molecule has 0 unspecified atom stereocenters. The average Bonchev–Trinajstić information content (AvgIpc) is 3.25. The zero-order valence-corrected chi connectivity index (χ0v) is 18.6. The highest BCUT2D eigenvalue weighted by Gasteiger charge is 2.35. The maximum absolute atomic E-state index is 13.8. The molecule has 0 atom stereocenters. The lowest BCUT2D eigenvalue weighted by atomic mass is 9.74. The van der Waals surface area contributed by atoms with Crippen LogP contribution in [0.4, 0.5) is 13.9 Å². The summed E-state index contributed by atoms with van der Waals surface area (Å²) in [7, 11) is 0. The van der Waals surface area contributed by atoms with Gasteiger partial charge in [-0.1, -0.05) is 24.3 Å². The van der Waals surface area contributed by atoms with Crippen molar-refractivity contribution in [3.05, 3.63) is 82.4 Å². The number of rotatable bonds is 7. The summed E-state index contributed by atoms with van der Waals surface area (Å²) in [5.74, 6) is -1.72. The molecule has 1 aromatic heterocycles. The predicted molar refractivity (Wildman–Crippen MR) is 121 cm³/mol. The van der Waals surface area contributed by atoms with Crippen molar-refractivity contribution in [3.8, 4) is 0 Å². The summed E-state index contributed by atoms with van der Waals surface area (Å²) in [6.07, 6.45) is 1.49. The number of hydrogen-bond acceptors (Lipinski definition) is 5. The van der Waals surface area contributed by atoms with Gasteiger partial charge in [0.1, 0.15) is 11.6 Å². The Morgan fingerprint density at radius 2 is 1.79 bits per heavy atom. The van der Waals surface area contributed by atoms with E-state index in [0.717, 1.165) is 18.4 Å². The first kappa shape index (κ1) is 23.0. The van der Waals surface area contributed by atoms with Gasteiger partial charge in [-0.2, -0.15) is 0 Å². The van der Waals surface area contributed by atoms with E-state index in [-0.39, 0.29) is 29.1 Å². The fourth-order valence-corrected chi connectivity index (χ4v) is 4.59. The first-order valence-corrected chi connectivity index (χ1v) is 11.4. The SMILES string of the molecule is O=C(Cc1csc(NC(=O)c2ccccc2F)n1)NCC1(c2ccc(F)cc2)CCOCC1. The van der Waals surface area contributed by atoms with Gasteiger partial charge in [-0.15, -0.1) is 11.3 Å². The predicted octanol–water partition coefficient (Wildman–Crippen LogP) is 4.08. The highest BCUT2D eigenvalue weighted by Crippen LogP contribution is 2.34. The normalized spacial score (nSPS) is 15.1. The van der Waals surface area contributed by atoms with Crippen LogP contribution in [-0.2, 0) is 21.4 Å². The maximum atomic E-state index is 13.8. The van der Waals surface area contributed by atoms with E-state index in [0.29, 0.717) is 30.6 Å². The van der Waals surface area contributed by atoms with Crippen LogP contribution in [0.3, 0.4) is 0 Å². The van der Waals surface area contributed by atoms with Gasteiger partial charge in [0.25, 0.3) is 5.91 Å². The summed E-state index contributed by atoms with van der Waals surface area (Å²) in [6, 6.07) is 12.1. The molecule has 2 aromatic carbocycles. The van der Waals surface area contributed by atoms with Crippen LogP contribution in [-0.4, -0.2) is 36.6 Å². The quantitative estimate of drug-likeness (QED) is 0.544. The number of carbonyl (C=O) groups is 2. The third-order valence-electron chi connectivity index (χ3n) is 5.76. The van der Waals surface area contributed by atoms with Crippen LogP contribution in [0.5, 0.6) is 0 Å². The lowest BCUT2D eigenvalue weighted by molar-refractivity contribution is -0.121. The third-order valence-corrected chi connectivity index (χ3v) is 6.57. The molecule has 33 heavy (non-hydrogen) atoms. The molecule has 172 valence electrons. The molecule has 2 amide bonds. The monoisotopic (exact) mass is 471 g/mol. The molecule has 0 saturated carbocycles. The van der Waals surface area contributed by atoms with E-state index in [2.05, 4.69) is 15.6 Å². The highest BCUT2D eigenvalue weighted by molar-refractivity contribution is 7.14. The molecular formula is C24H23F2N3O3S. The van der Waals surface area contributed by atoms with Crippen LogP contribution in [0.1, 0.15) is 34.5 Å². The van der Waals surface area contributed by atoms with Crippen LogP contribution in [0.15, 0.2) is 53.9 Å². The second kappa shape index (κ2) is 10.2. The largest absolute Gasteiger partial charge is 0.381 e. The topological polar surface area (TPSA) is 80.3 Å². The Morgan fingerprint density at radius 1 is 1.06 bits per heavy atom. The molecule has 0 bridgehead atoms. The second-order valence-electron chi connectivity index (χ2n) is 7.93. The first-order chi connectivity index (χ1) is 15.9. The third kappa shape index (κ3) is 5.61. The van der Waals surface area contributed by atoms with Gasteiger partial charge in [0.05, 0.1) is 17.7 Å². The molecule has 2 heterocycles. The molecule has 6 nitrogen and oxygen atoms in total. The highest BCUT2D eigenvalue weighted by atomic mass is 32.1. The number of benzene rings is 2. The number of halogens is 2. The van der Waals surface area contributed by atoms with Crippen molar-refractivity contribution < 1.29 is 23.1 Å². The number of carbonyl (C=O) groups excluding carboxylic acids is 2. The summed E-state index contributed by atoms with van der Waals surface area (Å²) < 4.78 is 32.7. The molecule has 1 aliphatic heterocycles. The average molecular weight is 472 g/mol. The smallest absolute Gasteiger partial charge is 0.260 e. The second-order valence-corrected chi connectivity index (χ2v) is 8.79. The van der Waals surface area contributed by atoms with Crippen molar-refractivity contribution in [1.82, 2.24) is 10.3 Å². The zero-order valence-electron chi connectivity index (χ0n) is 17.8. The molecule has 3 aromatic rings. The molecule has 0 aliphatic carbocycles. The van der Waals surface area contributed by atoms with Crippen LogP contribution in [0.2, 0.25) is 0 Å². The van der Waals surface area contributed by atoms with Crippen LogP contribution in [0.25, 0.3) is 0 Å². The molecule has 0 radical (unpaired) electrons. The number of nitrogens with one attached hydrogen (secondary N) is 2. The summed E-state index contributed by atoms with van der Waals surface area (Å²) in [6.45, 7) is 1.55. The number of amides is 2. The van der Waals surface area contributed by atoms with Gasteiger partial charge in [-0.3, -0.25) is 14.9 Å². The Kier molecular flexibility index (Phi) is 7.10. The Hall–Kier alpha value is -3.17. The van der Waals surface area contributed by atoms with Gasteiger partial charge in [-0.25, -0.2) is 13.8 Å². The van der Waals surface area contributed by atoms with E-state index in [1.54, 1.807) is 23.6 Å². The Labute approximate surface area is 194 Å². The number of anilines is 1. The molecule has 1 fully saturated rings. The number of aromatic nitrogens is 1. The zero-order chi connectivity index (χ0) is 23.3. The minimum Gasteiger partial charge on any atom is -0.381 e. The molecular weight excluding hydrogens is 448 g/mol. The summed E-state index contributed by atoms with van der Waals surface area (Å²) >= 11 is 1.17. The fraction of sp³-hybridized carbons (Fsp3) is 0.292. The maximum Gasteiger partial charge on any atom is 0.260 e. The van der Waals surface area contributed by atoms with Crippen LogP contribution < -0.4 is 10.6 Å². The molecule has 1 saturated heterocycles. The number of nitrogens with zero attached hydrogens (tertiary/aromatic N) is 1. The summed E-state index contributed by atoms with van der Waals surface area (Å²) in [5, 5.41) is 7.51. The lowest BCUT2D eigenvalue weighted by Gasteiger charge is -2.38. The minimum absolute atomic E-state index is 0.0437. The standard InChI is InChI=1S/C24H23F2N3O3S/c25-17-7-5-16(6-8-17)24(9-11-32-12-10-24)15-27-21(30)13-18-14-33-23(28-18)29-22(31)19-3-1-2-4-20(19)26/h1-8,14H,9-13,15H2,(H,27,30)(H,28,29,31). The van der Waals surface area contributed by atoms with Gasteiger partial charge in [-0.05, 0) is 42.7 Å². The van der Waals surface area contributed by atoms with Gasteiger partial charge in [0.15, 0.2) is 5.13 Å². The summed E-state index contributed by atoms with van der Waals surface area (Å²) in [4.78, 5) is 29.1. The van der Waals surface area contributed by atoms with Crippen molar-refractivity contribution >= 4 is 28.3 Å². The molecule has 4 rings (SSSR count). The molecule has 9 heteroatoms. The van der Waals surface area contributed by atoms with Crippen LogP contribution in [0, 0.1) is 11.6 Å². The number of thiazole rings is 1. The van der Waals surface area contributed by atoms with E-state index in [1.807, 2.05) is 0 Å². The molecule has 1 aliphatic rings. The minimum atomic E-state index is -0.616. The molecule has 2 N–H and O–H groups in total. The van der Waals surface area contributed by atoms with Crippen LogP contribution >= 0.6 is 11.3 Å². The van der Waals surface area contributed by atoms with Crippen molar-refractivity contribution in [2.24, 2.45) is 0 Å². The van der Waals surface area contributed by atoms with Crippen molar-refractivity contribution in [2.45, 2.75) is 24.7 Å². The van der Waals surface area contributed by atoms with Gasteiger partial charge in [0.2, 0.25) is 5.91 Å². The summed E-state index contributed by atoms with van der Waals surface area (Å²) in [5.41, 5.74) is 1.08. The van der Waals surface area contributed by atoms with Crippen molar-refractivity contribution in [2.75, 3.05) is 25.1 Å². The van der Waals surface area contributed by atoms with E-state index in [9.17, 15) is 18.4 Å². The van der Waals surface area contributed by atoms with Crippen molar-refractivity contribution in [1.29, 1.82) is 0 Å². The van der Waals surface area contributed by atoms with E-state index in [1.165, 1.54) is 41.7 Å². The van der Waals surface area contributed by atoms with Gasteiger partial charge >= 0.3 is 0 Å². The van der Waals surface area contributed by atoms with E-state index >= 15 is 0 Å². The Balaban J connectivity index is 1.36. The van der Waals surface area contributed by atoms with Gasteiger partial charge in [0, 0.05) is 30.6 Å².